The van der Waals surface area contributed by atoms with Gasteiger partial charge in [0.25, 0.3) is 0 Å². The molecule has 5 nitrogen and oxygen atoms in total. The molecule has 3 rings (SSSR count). The predicted molar refractivity (Wildman–Crippen MR) is 79.9 cm³/mol. The van der Waals surface area contributed by atoms with Gasteiger partial charge in [-0.1, -0.05) is 6.07 Å². The summed E-state index contributed by atoms with van der Waals surface area (Å²) >= 11 is 0. The second-order valence-corrected chi connectivity index (χ2v) is 5.97. The van der Waals surface area contributed by atoms with Gasteiger partial charge < -0.3 is 20.5 Å². The largest absolute Gasteiger partial charge is 0.396 e. The van der Waals surface area contributed by atoms with Gasteiger partial charge in [-0.25, -0.2) is 4.79 Å². The van der Waals surface area contributed by atoms with E-state index < -0.39 is 0 Å². The highest BCUT2D eigenvalue weighted by atomic mass is 16.5. The number of nitrogens with one attached hydrogen (secondary N) is 2. The van der Waals surface area contributed by atoms with E-state index >= 15 is 0 Å². The maximum Gasteiger partial charge on any atom is 0.319 e. The van der Waals surface area contributed by atoms with Gasteiger partial charge in [-0.05, 0) is 54.9 Å². The molecule has 1 aliphatic carbocycles. The molecular weight excluding hydrogens is 268 g/mol. The normalized spacial score (nSPS) is 24.4. The Morgan fingerprint density at radius 1 is 1.19 bits per heavy atom. The summed E-state index contributed by atoms with van der Waals surface area (Å²) in [7, 11) is 0. The molecule has 1 heterocycles. The van der Waals surface area contributed by atoms with Crippen molar-refractivity contribution >= 4 is 11.7 Å². The van der Waals surface area contributed by atoms with Crippen molar-refractivity contribution in [3.05, 3.63) is 29.3 Å². The minimum atomic E-state index is -0.152. The van der Waals surface area contributed by atoms with Gasteiger partial charge in [0.1, 0.15) is 0 Å². The predicted octanol–water partition coefficient (Wildman–Crippen LogP) is 2.39. The monoisotopic (exact) mass is 290 g/mol. The van der Waals surface area contributed by atoms with Gasteiger partial charge in [-0.15, -0.1) is 0 Å². The number of benzene rings is 1. The van der Waals surface area contributed by atoms with Gasteiger partial charge in [0.2, 0.25) is 0 Å². The van der Waals surface area contributed by atoms with Crippen LogP contribution in [0.2, 0.25) is 0 Å². The average Bonchev–Trinajstić information content (AvgIpc) is 2.95. The molecule has 0 saturated heterocycles. The zero-order chi connectivity index (χ0) is 14.7. The van der Waals surface area contributed by atoms with Crippen LogP contribution in [0.5, 0.6) is 0 Å². The van der Waals surface area contributed by atoms with E-state index in [9.17, 15) is 4.79 Å². The van der Waals surface area contributed by atoms with Crippen LogP contribution in [0, 0.1) is 5.92 Å². The van der Waals surface area contributed by atoms with Crippen molar-refractivity contribution in [3.8, 4) is 0 Å². The zero-order valence-corrected chi connectivity index (χ0v) is 12.1. The van der Waals surface area contributed by atoms with Gasteiger partial charge in [-0.3, -0.25) is 0 Å². The third-order valence-electron chi connectivity index (χ3n) is 4.42. The van der Waals surface area contributed by atoms with Crippen LogP contribution < -0.4 is 10.6 Å². The fraction of sp³-hybridized carbons (Fsp3) is 0.562. The standard InChI is InChI=1S/C16H22N2O3/c19-8-11-1-4-14(5-2-11)17-16(20)18-15-6-3-12-9-21-10-13(12)7-15/h3,6-7,11,14,19H,1-2,4-5,8-10H2,(H2,17,18,20). The van der Waals surface area contributed by atoms with Crippen LogP contribution in [0.4, 0.5) is 10.5 Å². The molecular formula is C16H22N2O3. The molecule has 0 unspecified atom stereocenters. The second kappa shape index (κ2) is 6.45. The molecule has 0 radical (unpaired) electrons. The molecule has 1 aromatic rings. The Morgan fingerprint density at radius 3 is 2.71 bits per heavy atom. The van der Waals surface area contributed by atoms with Crippen LogP contribution in [-0.2, 0) is 18.0 Å². The molecule has 0 spiro atoms. The quantitative estimate of drug-likeness (QED) is 0.800. The van der Waals surface area contributed by atoms with Gasteiger partial charge in [-0.2, -0.15) is 0 Å². The van der Waals surface area contributed by atoms with E-state index in [0.717, 1.165) is 36.9 Å². The second-order valence-electron chi connectivity index (χ2n) is 5.97. The van der Waals surface area contributed by atoms with E-state index in [0.29, 0.717) is 19.1 Å². The number of hydrogen-bond donors (Lipinski definition) is 3. The molecule has 2 amide bonds. The van der Waals surface area contributed by atoms with E-state index in [-0.39, 0.29) is 18.7 Å². The van der Waals surface area contributed by atoms with Crippen molar-refractivity contribution in [2.24, 2.45) is 5.92 Å². The molecule has 5 heteroatoms. The Bertz CT molecular complexity index is 510. The molecule has 1 aromatic carbocycles. The zero-order valence-electron chi connectivity index (χ0n) is 12.1. The van der Waals surface area contributed by atoms with Crippen molar-refractivity contribution in [3.63, 3.8) is 0 Å². The summed E-state index contributed by atoms with van der Waals surface area (Å²) in [5.41, 5.74) is 3.15. The summed E-state index contributed by atoms with van der Waals surface area (Å²) in [5, 5.41) is 15.0. The fourth-order valence-corrected chi connectivity index (χ4v) is 3.09. The highest BCUT2D eigenvalue weighted by Gasteiger charge is 2.22. The summed E-state index contributed by atoms with van der Waals surface area (Å²) < 4.78 is 5.37. The lowest BCUT2D eigenvalue weighted by atomic mass is 9.87. The highest BCUT2D eigenvalue weighted by Crippen LogP contribution is 2.25. The van der Waals surface area contributed by atoms with E-state index in [2.05, 4.69) is 10.6 Å². The first-order valence-corrected chi connectivity index (χ1v) is 7.62. The van der Waals surface area contributed by atoms with Gasteiger partial charge in [0.15, 0.2) is 0 Å². The van der Waals surface area contributed by atoms with Crippen LogP contribution >= 0.6 is 0 Å². The van der Waals surface area contributed by atoms with Crippen molar-refractivity contribution in [1.82, 2.24) is 5.32 Å². The molecule has 3 N–H and O–H groups in total. The summed E-state index contributed by atoms with van der Waals surface area (Å²) in [6.07, 6.45) is 3.85. The van der Waals surface area contributed by atoms with Crippen LogP contribution in [0.3, 0.4) is 0 Å². The average molecular weight is 290 g/mol. The minimum Gasteiger partial charge on any atom is -0.396 e. The van der Waals surface area contributed by atoms with Crippen molar-refractivity contribution in [2.45, 2.75) is 44.9 Å². The number of hydrogen-bond acceptors (Lipinski definition) is 3. The van der Waals surface area contributed by atoms with Crippen LogP contribution in [-0.4, -0.2) is 23.8 Å². The number of aliphatic hydroxyl groups is 1. The SMILES string of the molecule is O=C(Nc1ccc2c(c1)COC2)NC1CCC(CO)CC1. The number of urea groups is 1. The van der Waals surface area contributed by atoms with Crippen molar-refractivity contribution in [2.75, 3.05) is 11.9 Å². The molecule has 1 fully saturated rings. The molecule has 2 aliphatic rings. The lowest BCUT2D eigenvalue weighted by Gasteiger charge is -2.27. The number of carbonyl (C=O) groups excluding carboxylic acids is 1. The summed E-state index contributed by atoms with van der Waals surface area (Å²) in [6, 6.07) is 5.96. The lowest BCUT2D eigenvalue weighted by molar-refractivity contribution is 0.134. The number of rotatable bonds is 3. The number of fused-ring (bicyclic) bond motifs is 1. The maximum atomic E-state index is 12.0. The maximum absolute atomic E-state index is 12.0. The van der Waals surface area contributed by atoms with E-state index in [4.69, 9.17) is 9.84 Å². The molecule has 1 saturated carbocycles. The first-order valence-electron chi connectivity index (χ1n) is 7.62. The Morgan fingerprint density at radius 2 is 1.95 bits per heavy atom. The smallest absolute Gasteiger partial charge is 0.319 e. The Hall–Kier alpha value is -1.59. The molecule has 21 heavy (non-hydrogen) atoms. The number of ether oxygens (including phenoxy) is 1. The summed E-state index contributed by atoms with van der Waals surface area (Å²) in [4.78, 5) is 12.0. The molecule has 1 aliphatic heterocycles. The van der Waals surface area contributed by atoms with E-state index in [1.807, 2.05) is 18.2 Å². The number of anilines is 1. The Labute approximate surface area is 124 Å². The number of aliphatic hydroxyl groups excluding tert-OH is 1. The van der Waals surface area contributed by atoms with E-state index in [1.165, 1.54) is 5.56 Å². The molecule has 114 valence electrons. The lowest BCUT2D eigenvalue weighted by Crippen LogP contribution is -2.40. The molecule has 0 aromatic heterocycles. The number of amides is 2. The topological polar surface area (TPSA) is 70.6 Å². The minimum absolute atomic E-state index is 0.152. The van der Waals surface area contributed by atoms with Gasteiger partial charge in [0.05, 0.1) is 13.2 Å². The first kappa shape index (κ1) is 14.4. The highest BCUT2D eigenvalue weighted by molar-refractivity contribution is 5.89. The Kier molecular flexibility index (Phi) is 4.41. The van der Waals surface area contributed by atoms with Gasteiger partial charge >= 0.3 is 6.03 Å². The molecule has 0 bridgehead atoms. The van der Waals surface area contributed by atoms with Crippen LogP contribution in [0.25, 0.3) is 0 Å². The van der Waals surface area contributed by atoms with Gasteiger partial charge in [0, 0.05) is 18.3 Å². The Balaban J connectivity index is 1.50. The van der Waals surface area contributed by atoms with E-state index in [1.54, 1.807) is 0 Å². The third kappa shape index (κ3) is 3.54. The summed E-state index contributed by atoms with van der Waals surface area (Å²) in [5.74, 6) is 0.405. The third-order valence-corrected chi connectivity index (χ3v) is 4.42. The first-order chi connectivity index (χ1) is 10.2. The van der Waals surface area contributed by atoms with Crippen LogP contribution in [0.1, 0.15) is 36.8 Å². The number of carbonyl (C=O) groups is 1. The van der Waals surface area contributed by atoms with Crippen molar-refractivity contribution < 1.29 is 14.6 Å². The fourth-order valence-electron chi connectivity index (χ4n) is 3.09. The summed E-state index contributed by atoms with van der Waals surface area (Å²) in [6.45, 7) is 1.55. The van der Waals surface area contributed by atoms with Crippen molar-refractivity contribution in [1.29, 1.82) is 0 Å². The van der Waals surface area contributed by atoms with Crippen LogP contribution in [0.15, 0.2) is 18.2 Å². The molecule has 0 atom stereocenters.